The van der Waals surface area contributed by atoms with Gasteiger partial charge < -0.3 is 15.0 Å². The van der Waals surface area contributed by atoms with Gasteiger partial charge in [0.05, 0.1) is 0 Å². The number of benzene rings is 1. The van der Waals surface area contributed by atoms with Crippen LogP contribution in [0, 0.1) is 0 Å². The van der Waals surface area contributed by atoms with E-state index in [4.69, 9.17) is 4.74 Å². The van der Waals surface area contributed by atoms with Crippen molar-refractivity contribution in [1.82, 2.24) is 15.1 Å². The first-order valence-electron chi connectivity index (χ1n) is 9.33. The Balaban J connectivity index is 0.00000243. The van der Waals surface area contributed by atoms with E-state index in [2.05, 4.69) is 32.8 Å². The molecule has 2 aliphatic rings. The molecule has 26 heavy (non-hydrogen) atoms. The molecular formula is C20H31IN4O. The molecule has 2 heterocycles. The smallest absolute Gasteiger partial charge is 0.193 e. The number of guanidine groups is 1. The SMILES string of the molecule is C=CCOc1ccccc1CNC(=NC)N1CCC(N2CCCC2)C1.I. The highest BCUT2D eigenvalue weighted by Crippen LogP contribution is 2.21. The Labute approximate surface area is 174 Å². The molecule has 2 saturated heterocycles. The van der Waals surface area contributed by atoms with Gasteiger partial charge in [-0.05, 0) is 38.4 Å². The van der Waals surface area contributed by atoms with Crippen molar-refractivity contribution < 1.29 is 4.74 Å². The zero-order valence-electron chi connectivity index (χ0n) is 15.7. The second-order valence-electron chi connectivity index (χ2n) is 6.74. The molecule has 0 aromatic heterocycles. The summed E-state index contributed by atoms with van der Waals surface area (Å²) >= 11 is 0. The highest BCUT2D eigenvalue weighted by atomic mass is 127. The molecule has 144 valence electrons. The van der Waals surface area contributed by atoms with Crippen LogP contribution in [-0.2, 0) is 6.54 Å². The van der Waals surface area contributed by atoms with Gasteiger partial charge in [0.1, 0.15) is 12.4 Å². The summed E-state index contributed by atoms with van der Waals surface area (Å²) in [5.41, 5.74) is 1.14. The second-order valence-corrected chi connectivity index (χ2v) is 6.74. The number of aliphatic imine (C=N–C) groups is 1. The predicted molar refractivity (Wildman–Crippen MR) is 119 cm³/mol. The lowest BCUT2D eigenvalue weighted by Crippen LogP contribution is -2.42. The Bertz CT molecular complexity index is 601. The molecule has 0 aliphatic carbocycles. The van der Waals surface area contributed by atoms with Crippen molar-refractivity contribution in [3.63, 3.8) is 0 Å². The second kappa shape index (κ2) is 10.8. The standard InChI is InChI=1S/C20H30N4O.HI/c1-3-14-25-19-9-5-4-8-17(19)15-22-20(21-2)24-13-10-18(16-24)23-11-6-7-12-23;/h3-5,8-9,18H,1,6-7,10-16H2,2H3,(H,21,22);1H. The molecule has 6 heteroatoms. The number of likely N-dealkylation sites (tertiary alicyclic amines) is 2. The lowest BCUT2D eigenvalue weighted by molar-refractivity contribution is 0.249. The molecule has 1 N–H and O–H groups in total. The van der Waals surface area contributed by atoms with Crippen LogP contribution in [0.15, 0.2) is 41.9 Å². The fourth-order valence-corrected chi connectivity index (χ4v) is 3.78. The summed E-state index contributed by atoms with van der Waals surface area (Å²) in [6, 6.07) is 8.82. The molecule has 2 aliphatic heterocycles. The van der Waals surface area contributed by atoms with E-state index >= 15 is 0 Å². The number of rotatable bonds is 6. The van der Waals surface area contributed by atoms with Gasteiger partial charge >= 0.3 is 0 Å². The largest absolute Gasteiger partial charge is 0.489 e. The number of para-hydroxylation sites is 1. The van der Waals surface area contributed by atoms with Crippen LogP contribution in [-0.4, -0.2) is 61.6 Å². The van der Waals surface area contributed by atoms with Crippen molar-refractivity contribution in [2.75, 3.05) is 39.8 Å². The summed E-state index contributed by atoms with van der Waals surface area (Å²) < 4.78 is 5.74. The van der Waals surface area contributed by atoms with Gasteiger partial charge in [-0.3, -0.25) is 9.89 Å². The molecule has 0 amide bonds. The monoisotopic (exact) mass is 470 g/mol. The number of nitrogens with zero attached hydrogens (tertiary/aromatic N) is 3. The van der Waals surface area contributed by atoms with E-state index in [1.807, 2.05) is 25.2 Å². The minimum absolute atomic E-state index is 0. The summed E-state index contributed by atoms with van der Waals surface area (Å²) in [7, 11) is 1.87. The van der Waals surface area contributed by atoms with Gasteiger partial charge in [0, 0.05) is 38.3 Å². The molecular weight excluding hydrogens is 439 g/mol. The van der Waals surface area contributed by atoms with Gasteiger partial charge in [0.15, 0.2) is 5.96 Å². The Kier molecular flexibility index (Phi) is 8.71. The molecule has 0 bridgehead atoms. The van der Waals surface area contributed by atoms with Crippen LogP contribution < -0.4 is 10.1 Å². The zero-order chi connectivity index (χ0) is 17.5. The summed E-state index contributed by atoms with van der Waals surface area (Å²) in [6.45, 7) is 9.63. The van der Waals surface area contributed by atoms with E-state index in [1.54, 1.807) is 6.08 Å². The van der Waals surface area contributed by atoms with E-state index in [0.717, 1.165) is 30.4 Å². The van der Waals surface area contributed by atoms with Crippen LogP contribution in [0.4, 0.5) is 0 Å². The van der Waals surface area contributed by atoms with Crippen LogP contribution in [0.1, 0.15) is 24.8 Å². The average molecular weight is 470 g/mol. The van der Waals surface area contributed by atoms with Crippen LogP contribution in [0.5, 0.6) is 5.75 Å². The third-order valence-electron chi connectivity index (χ3n) is 5.10. The first-order valence-corrected chi connectivity index (χ1v) is 9.33. The molecule has 1 aromatic carbocycles. The molecule has 1 aromatic rings. The normalized spacial score (nSPS) is 20.7. The van der Waals surface area contributed by atoms with E-state index in [-0.39, 0.29) is 24.0 Å². The zero-order valence-corrected chi connectivity index (χ0v) is 18.0. The van der Waals surface area contributed by atoms with E-state index in [9.17, 15) is 0 Å². The van der Waals surface area contributed by atoms with Gasteiger partial charge in [-0.15, -0.1) is 24.0 Å². The molecule has 2 fully saturated rings. The topological polar surface area (TPSA) is 40.1 Å². The first-order chi connectivity index (χ1) is 12.3. The summed E-state index contributed by atoms with van der Waals surface area (Å²) in [6.07, 6.45) is 5.71. The van der Waals surface area contributed by atoms with Crippen molar-refractivity contribution in [3.8, 4) is 5.75 Å². The molecule has 0 spiro atoms. The molecule has 0 radical (unpaired) electrons. The lowest BCUT2D eigenvalue weighted by atomic mass is 10.2. The Morgan fingerprint density at radius 2 is 2.08 bits per heavy atom. The summed E-state index contributed by atoms with van der Waals surface area (Å²) in [4.78, 5) is 9.52. The van der Waals surface area contributed by atoms with Crippen molar-refractivity contribution in [1.29, 1.82) is 0 Å². The minimum Gasteiger partial charge on any atom is -0.489 e. The Morgan fingerprint density at radius 3 is 2.81 bits per heavy atom. The summed E-state index contributed by atoms with van der Waals surface area (Å²) in [5, 5.41) is 3.51. The van der Waals surface area contributed by atoms with Crippen molar-refractivity contribution in [3.05, 3.63) is 42.5 Å². The summed E-state index contributed by atoms with van der Waals surface area (Å²) in [5.74, 6) is 1.89. The maximum atomic E-state index is 5.74. The van der Waals surface area contributed by atoms with Gasteiger partial charge in [0.2, 0.25) is 0 Å². The van der Waals surface area contributed by atoms with Crippen LogP contribution >= 0.6 is 24.0 Å². The van der Waals surface area contributed by atoms with Crippen molar-refractivity contribution >= 4 is 29.9 Å². The minimum atomic E-state index is 0. The van der Waals surface area contributed by atoms with E-state index in [1.165, 1.54) is 32.4 Å². The molecule has 1 unspecified atom stereocenters. The number of hydrogen-bond acceptors (Lipinski definition) is 3. The molecule has 1 atom stereocenters. The van der Waals surface area contributed by atoms with Crippen LogP contribution in [0.25, 0.3) is 0 Å². The van der Waals surface area contributed by atoms with Gasteiger partial charge in [-0.2, -0.15) is 0 Å². The molecule has 5 nitrogen and oxygen atoms in total. The lowest BCUT2D eigenvalue weighted by Gasteiger charge is -2.25. The van der Waals surface area contributed by atoms with Gasteiger partial charge in [-0.25, -0.2) is 0 Å². The maximum absolute atomic E-state index is 5.74. The van der Waals surface area contributed by atoms with Crippen LogP contribution in [0.2, 0.25) is 0 Å². The van der Waals surface area contributed by atoms with Crippen LogP contribution in [0.3, 0.4) is 0 Å². The highest BCUT2D eigenvalue weighted by molar-refractivity contribution is 14.0. The third-order valence-corrected chi connectivity index (χ3v) is 5.10. The average Bonchev–Trinajstić information content (AvgIpc) is 3.33. The fraction of sp³-hybridized carbons (Fsp3) is 0.550. The predicted octanol–water partition coefficient (Wildman–Crippen LogP) is 3.11. The fourth-order valence-electron chi connectivity index (χ4n) is 3.78. The molecule has 3 rings (SSSR count). The quantitative estimate of drug-likeness (QED) is 0.300. The van der Waals surface area contributed by atoms with Gasteiger partial charge in [-0.1, -0.05) is 30.9 Å². The Morgan fingerprint density at radius 1 is 1.31 bits per heavy atom. The third kappa shape index (κ3) is 5.36. The number of nitrogens with one attached hydrogen (secondary N) is 1. The number of hydrogen-bond donors (Lipinski definition) is 1. The first kappa shape index (κ1) is 21.0. The van der Waals surface area contributed by atoms with E-state index < -0.39 is 0 Å². The Hall–Kier alpha value is -1.28. The van der Waals surface area contributed by atoms with E-state index in [0.29, 0.717) is 19.2 Å². The number of halogens is 1. The van der Waals surface area contributed by atoms with Crippen molar-refractivity contribution in [2.24, 2.45) is 4.99 Å². The maximum Gasteiger partial charge on any atom is 0.193 e. The molecule has 0 saturated carbocycles. The van der Waals surface area contributed by atoms with Gasteiger partial charge in [0.25, 0.3) is 0 Å². The highest BCUT2D eigenvalue weighted by Gasteiger charge is 2.30. The van der Waals surface area contributed by atoms with Crippen molar-refractivity contribution in [2.45, 2.75) is 31.8 Å². The number of ether oxygens (including phenoxy) is 1.